The molecule has 2 fully saturated rings. The van der Waals surface area contributed by atoms with E-state index in [1.54, 1.807) is 29.6 Å². The molecule has 0 atom stereocenters. The first-order chi connectivity index (χ1) is 31.7. The monoisotopic (exact) mass is 917 g/mol. The van der Waals surface area contributed by atoms with E-state index in [0.717, 1.165) is 127 Å². The normalized spacial score (nSPS) is 16.2. The van der Waals surface area contributed by atoms with Gasteiger partial charge in [-0.3, -0.25) is 24.2 Å². The van der Waals surface area contributed by atoms with E-state index in [4.69, 9.17) is 18.0 Å². The third-order valence-electron chi connectivity index (χ3n) is 12.3. The van der Waals surface area contributed by atoms with E-state index in [1.165, 1.54) is 26.1 Å². The van der Waals surface area contributed by atoms with Crippen molar-refractivity contribution in [2.24, 2.45) is 11.5 Å². The summed E-state index contributed by atoms with van der Waals surface area (Å²) in [4.78, 5) is 57.5. The highest BCUT2D eigenvalue weighted by Crippen LogP contribution is 2.50. The van der Waals surface area contributed by atoms with Crippen molar-refractivity contribution < 1.29 is 14.4 Å². The second-order valence-electron chi connectivity index (χ2n) is 16.6. The predicted octanol–water partition coefficient (Wildman–Crippen LogP) is 5.84. The first-order valence-electron chi connectivity index (χ1n) is 22.9. The molecule has 4 aliphatic rings. The van der Waals surface area contributed by atoms with Crippen molar-refractivity contribution in [3.63, 3.8) is 0 Å². The van der Waals surface area contributed by atoms with Crippen molar-refractivity contribution in [2.75, 3.05) is 121 Å². The van der Waals surface area contributed by atoms with Crippen LogP contribution in [0, 0.1) is 6.57 Å². The van der Waals surface area contributed by atoms with Gasteiger partial charge in [0.05, 0.1) is 30.2 Å². The average molecular weight is 918 g/mol. The molecule has 4 aromatic carbocycles. The maximum Gasteiger partial charge on any atom is 0.248 e. The lowest BCUT2D eigenvalue weighted by molar-refractivity contribution is -0.121. The van der Waals surface area contributed by atoms with Crippen LogP contribution in [0.5, 0.6) is 0 Å². The number of carbonyl (C=O) groups is 3. The largest absolute Gasteiger partial charge is 0.366 e. The highest BCUT2D eigenvalue weighted by atomic mass is 32.2. The Balaban J connectivity index is 0.000000194. The maximum atomic E-state index is 11.8. The standard InChI is InChI=1S/C25H31N5OS.C24H32N6O2S/c1-3-25(31)27-11-14-29-17-15-28(16-18-29)12-6-13-30-21-7-4-5-8-23(21)32-24-10-9-20(26-2)19-22(24)30;25-17-23(31)27-8-11-29-14-12-28(13-15-29)9-3-10-30-19-4-1-2-5-21(19)33-22-7-6-18(24(26)32)16-20(22)30/h4-5,7-10,19H,3,6,11-18H2,1H3,(H,27,31);1-2,4-7,16H,3,8-15,17,25H2,(H2,26,32)(H,27,31). The molecule has 4 heterocycles. The van der Waals surface area contributed by atoms with Gasteiger partial charge in [-0.1, -0.05) is 66.8 Å². The van der Waals surface area contributed by atoms with Crippen molar-refractivity contribution >= 4 is 69.7 Å². The Morgan fingerprint density at radius 3 is 1.51 bits per heavy atom. The molecule has 0 saturated carbocycles. The number of piperazine rings is 2. The van der Waals surface area contributed by atoms with Gasteiger partial charge in [0.15, 0.2) is 5.69 Å². The minimum absolute atomic E-state index is 0.0439. The average Bonchev–Trinajstić information content (AvgIpc) is 3.34. The van der Waals surface area contributed by atoms with E-state index in [9.17, 15) is 14.4 Å². The zero-order valence-electron chi connectivity index (χ0n) is 37.6. The molecule has 0 aromatic heterocycles. The molecule has 3 amide bonds. The summed E-state index contributed by atoms with van der Waals surface area (Å²) in [6, 6.07) is 28.7. The van der Waals surface area contributed by atoms with Crippen LogP contribution in [-0.4, -0.2) is 149 Å². The van der Waals surface area contributed by atoms with Crippen LogP contribution < -0.4 is 31.9 Å². The molecule has 8 rings (SSSR count). The number of anilines is 4. The number of amides is 3. The SMILES string of the molecule is NCC(=O)NCCN1CCN(CCCN2c3ccccc3Sc3ccc(C(N)=O)cc32)CC1.[C-]#[N+]c1ccc2c(c1)N(CCCN1CCN(CCNC(=O)CC)CC1)c1ccccc1S2. The lowest BCUT2D eigenvalue weighted by atomic mass is 10.1. The Bertz CT molecular complexity index is 2290. The molecule has 0 bridgehead atoms. The quantitative estimate of drug-likeness (QED) is 0.0943. The summed E-state index contributed by atoms with van der Waals surface area (Å²) in [6.45, 7) is 24.8. The molecular formula is C49H63N11O3S2. The van der Waals surface area contributed by atoms with E-state index in [2.05, 4.69) is 99.5 Å². The zero-order chi connectivity index (χ0) is 45.5. The lowest BCUT2D eigenvalue weighted by Crippen LogP contribution is -2.49. The fourth-order valence-electron chi connectivity index (χ4n) is 8.63. The number of para-hydroxylation sites is 2. The number of hydrogen-bond acceptors (Lipinski definition) is 12. The number of primary amides is 1. The topological polar surface area (TPSA) is 151 Å². The van der Waals surface area contributed by atoms with Crippen molar-refractivity contribution in [3.05, 3.63) is 102 Å². The van der Waals surface area contributed by atoms with Gasteiger partial charge < -0.3 is 41.7 Å². The third-order valence-corrected chi connectivity index (χ3v) is 14.6. The van der Waals surface area contributed by atoms with Gasteiger partial charge in [-0.05, 0) is 74.5 Å². The molecular weight excluding hydrogens is 855 g/mol. The predicted molar refractivity (Wildman–Crippen MR) is 263 cm³/mol. The van der Waals surface area contributed by atoms with Gasteiger partial charge in [-0.25, -0.2) is 4.85 Å². The maximum absolute atomic E-state index is 11.8. The molecule has 0 unspecified atom stereocenters. The van der Waals surface area contributed by atoms with Gasteiger partial charge in [-0.2, -0.15) is 0 Å². The van der Waals surface area contributed by atoms with E-state index in [0.29, 0.717) is 24.2 Å². The molecule has 0 aliphatic carbocycles. The highest BCUT2D eigenvalue weighted by molar-refractivity contribution is 8.00. The van der Waals surface area contributed by atoms with E-state index >= 15 is 0 Å². The van der Waals surface area contributed by atoms with Crippen LogP contribution in [0.3, 0.4) is 0 Å². The molecule has 0 spiro atoms. The Kier molecular flexibility index (Phi) is 17.6. The van der Waals surface area contributed by atoms with Crippen LogP contribution in [0.1, 0.15) is 36.5 Å². The van der Waals surface area contributed by atoms with Crippen molar-refractivity contribution in [1.29, 1.82) is 0 Å². The summed E-state index contributed by atoms with van der Waals surface area (Å²) in [5.74, 6) is -0.371. The number of fused-ring (bicyclic) bond motifs is 4. The van der Waals surface area contributed by atoms with Crippen molar-refractivity contribution in [1.82, 2.24) is 30.2 Å². The molecule has 65 heavy (non-hydrogen) atoms. The van der Waals surface area contributed by atoms with Crippen LogP contribution in [0.2, 0.25) is 0 Å². The minimum atomic E-state index is -0.401. The zero-order valence-corrected chi connectivity index (χ0v) is 39.2. The molecule has 2 saturated heterocycles. The number of carbonyl (C=O) groups excluding carboxylic acids is 3. The fraction of sp³-hybridized carbons (Fsp3) is 0.429. The number of hydrogen-bond donors (Lipinski definition) is 4. The van der Waals surface area contributed by atoms with E-state index in [-0.39, 0.29) is 18.4 Å². The molecule has 0 radical (unpaired) electrons. The summed E-state index contributed by atoms with van der Waals surface area (Å²) in [7, 11) is 0. The smallest absolute Gasteiger partial charge is 0.248 e. The number of nitrogens with one attached hydrogen (secondary N) is 2. The lowest BCUT2D eigenvalue weighted by Gasteiger charge is -2.36. The number of nitrogens with two attached hydrogens (primary N) is 2. The Labute approximate surface area is 392 Å². The van der Waals surface area contributed by atoms with E-state index < -0.39 is 5.91 Å². The van der Waals surface area contributed by atoms with Crippen molar-refractivity contribution in [3.8, 4) is 0 Å². The highest BCUT2D eigenvalue weighted by Gasteiger charge is 2.26. The fourth-order valence-corrected chi connectivity index (χ4v) is 10.8. The number of rotatable bonds is 17. The molecule has 344 valence electrons. The minimum Gasteiger partial charge on any atom is -0.366 e. The van der Waals surface area contributed by atoms with Crippen LogP contribution in [0.15, 0.2) is 105 Å². The Morgan fingerprint density at radius 2 is 1.03 bits per heavy atom. The summed E-state index contributed by atoms with van der Waals surface area (Å²) in [5, 5.41) is 5.80. The third kappa shape index (κ3) is 13.0. The Hall–Kier alpha value is -5.12. The van der Waals surface area contributed by atoms with Gasteiger partial charge in [0.2, 0.25) is 17.7 Å². The van der Waals surface area contributed by atoms with E-state index in [1.807, 2.05) is 31.2 Å². The summed E-state index contributed by atoms with van der Waals surface area (Å²) in [6.07, 6.45) is 2.65. The summed E-state index contributed by atoms with van der Waals surface area (Å²) >= 11 is 3.53. The number of benzene rings is 4. The van der Waals surface area contributed by atoms with Gasteiger partial charge in [0.1, 0.15) is 0 Å². The van der Waals surface area contributed by atoms with Crippen LogP contribution in [0.4, 0.5) is 28.4 Å². The molecule has 16 heteroatoms. The van der Waals surface area contributed by atoms with Crippen LogP contribution >= 0.6 is 23.5 Å². The Morgan fingerprint density at radius 1 is 0.585 bits per heavy atom. The molecule has 6 N–H and O–H groups in total. The molecule has 4 aliphatic heterocycles. The van der Waals surface area contributed by atoms with Crippen molar-refractivity contribution in [2.45, 2.75) is 45.8 Å². The second-order valence-corrected chi connectivity index (χ2v) is 18.8. The summed E-state index contributed by atoms with van der Waals surface area (Å²) in [5.41, 5.74) is 16.7. The second kappa shape index (κ2) is 23.9. The summed E-state index contributed by atoms with van der Waals surface area (Å²) < 4.78 is 0. The van der Waals surface area contributed by atoms with Gasteiger partial charge in [0.25, 0.3) is 0 Å². The molecule has 14 nitrogen and oxygen atoms in total. The first kappa shape index (κ1) is 47.8. The van der Waals surface area contributed by atoms with Gasteiger partial charge >= 0.3 is 0 Å². The van der Waals surface area contributed by atoms with Gasteiger partial charge in [0, 0.05) is 129 Å². The molecule has 4 aromatic rings. The number of nitrogens with zero attached hydrogens (tertiary/aromatic N) is 7. The first-order valence-corrected chi connectivity index (χ1v) is 24.5. The van der Waals surface area contributed by atoms with Crippen LogP contribution in [-0.2, 0) is 9.59 Å². The van der Waals surface area contributed by atoms with Gasteiger partial charge in [-0.15, -0.1) is 0 Å². The van der Waals surface area contributed by atoms with Crippen LogP contribution in [0.25, 0.3) is 4.85 Å².